The molecule has 0 saturated heterocycles. The molecule has 3 nitrogen and oxygen atoms in total. The predicted octanol–water partition coefficient (Wildman–Crippen LogP) is 2.38. The van der Waals surface area contributed by atoms with Gasteiger partial charge in [0.05, 0.1) is 0 Å². The Morgan fingerprint density at radius 3 is 2.62 bits per heavy atom. The molecule has 2 rings (SSSR count). The lowest BCUT2D eigenvalue weighted by Crippen LogP contribution is -1.83. The van der Waals surface area contributed by atoms with Crippen molar-refractivity contribution in [3.05, 3.63) is 30.0 Å². The minimum Gasteiger partial charge on any atom is -0.344 e. The summed E-state index contributed by atoms with van der Waals surface area (Å²) < 4.78 is 0. The van der Waals surface area contributed by atoms with Crippen molar-refractivity contribution in [2.75, 3.05) is 0 Å². The highest BCUT2D eigenvalue weighted by molar-refractivity contribution is 6.14. The predicted molar refractivity (Wildman–Crippen MR) is 54.9 cm³/mol. The number of hydrogen-bond acceptors (Lipinski definition) is 1. The summed E-state index contributed by atoms with van der Waals surface area (Å²) in [6.45, 7) is 3.96. The second-order valence-corrected chi connectivity index (χ2v) is 3.08. The Kier molecular flexibility index (Phi) is 1.85. The smallest absolute Gasteiger partial charge is 0.154 e. The summed E-state index contributed by atoms with van der Waals surface area (Å²) >= 11 is 0. The van der Waals surface area contributed by atoms with E-state index in [0.717, 1.165) is 23.1 Å². The number of aliphatic imine (C=N–C) groups is 2. The molecule has 0 amide bonds. The number of aryl methyl sites for hydroxylation is 1. The maximum absolute atomic E-state index is 4.32. The molecule has 66 valence electrons. The van der Waals surface area contributed by atoms with Crippen molar-refractivity contribution in [1.29, 1.82) is 0 Å². The van der Waals surface area contributed by atoms with Crippen LogP contribution in [0.15, 0.2) is 34.3 Å². The topological polar surface area (TPSA) is 40.5 Å². The second kappa shape index (κ2) is 3.01. The maximum atomic E-state index is 4.32. The first kappa shape index (κ1) is 7.98. The van der Waals surface area contributed by atoms with Gasteiger partial charge in [-0.3, -0.25) is 0 Å². The highest BCUT2D eigenvalue weighted by Crippen LogP contribution is 2.12. The van der Waals surface area contributed by atoms with Crippen molar-refractivity contribution < 1.29 is 0 Å². The molecule has 1 N–H and O–H groups in total. The number of allylic oxidation sites excluding steroid dienone is 1. The van der Waals surface area contributed by atoms with E-state index in [4.69, 9.17) is 0 Å². The van der Waals surface area contributed by atoms with Gasteiger partial charge in [0.2, 0.25) is 0 Å². The summed E-state index contributed by atoms with van der Waals surface area (Å²) in [7, 11) is 0. The monoisotopic (exact) mass is 173 g/mol. The van der Waals surface area contributed by atoms with Gasteiger partial charge >= 0.3 is 0 Å². The number of nitrogens with one attached hydrogen (secondary N) is 1. The third kappa shape index (κ3) is 1.75. The van der Waals surface area contributed by atoms with E-state index in [1.807, 2.05) is 38.1 Å². The van der Waals surface area contributed by atoms with Gasteiger partial charge in [-0.2, -0.15) is 0 Å². The van der Waals surface area contributed by atoms with Gasteiger partial charge in [0.15, 0.2) is 5.84 Å². The largest absolute Gasteiger partial charge is 0.344 e. The number of hydrogen-bond donors (Lipinski definition) is 1. The fourth-order valence-electron chi connectivity index (χ4n) is 1.19. The maximum Gasteiger partial charge on any atom is 0.154 e. The first-order chi connectivity index (χ1) is 6.24. The first-order valence-electron chi connectivity index (χ1n) is 4.22. The average Bonchev–Trinajstić information content (AvgIpc) is 2.62. The van der Waals surface area contributed by atoms with E-state index in [1.165, 1.54) is 0 Å². The molecular formula is C10H11N3. The SMILES string of the molecule is CC1=N/C(=N\c2ccc(C)[nH]2)C=C1. The van der Waals surface area contributed by atoms with E-state index in [2.05, 4.69) is 15.0 Å². The Morgan fingerprint density at radius 2 is 2.08 bits per heavy atom. The van der Waals surface area contributed by atoms with Gasteiger partial charge in [0.25, 0.3) is 0 Å². The second-order valence-electron chi connectivity index (χ2n) is 3.08. The number of H-pyrrole nitrogens is 1. The highest BCUT2D eigenvalue weighted by atomic mass is 15.0. The summed E-state index contributed by atoms with van der Waals surface area (Å²) in [6, 6.07) is 3.94. The Balaban J connectivity index is 2.27. The molecule has 1 aliphatic rings. The third-order valence-electron chi connectivity index (χ3n) is 1.82. The van der Waals surface area contributed by atoms with Crippen molar-refractivity contribution >= 4 is 17.4 Å². The van der Waals surface area contributed by atoms with E-state index in [-0.39, 0.29) is 0 Å². The molecular weight excluding hydrogens is 162 g/mol. The van der Waals surface area contributed by atoms with Crippen molar-refractivity contribution in [3.63, 3.8) is 0 Å². The molecule has 1 aromatic heterocycles. The number of rotatable bonds is 1. The van der Waals surface area contributed by atoms with Crippen LogP contribution in [0.25, 0.3) is 0 Å². The fourth-order valence-corrected chi connectivity index (χ4v) is 1.19. The number of amidine groups is 1. The van der Waals surface area contributed by atoms with E-state index >= 15 is 0 Å². The third-order valence-corrected chi connectivity index (χ3v) is 1.82. The first-order valence-corrected chi connectivity index (χ1v) is 4.22. The molecule has 1 aromatic rings. The summed E-state index contributed by atoms with van der Waals surface area (Å²) in [4.78, 5) is 11.7. The number of aromatic amines is 1. The van der Waals surface area contributed by atoms with Crippen LogP contribution < -0.4 is 0 Å². The Labute approximate surface area is 76.9 Å². The van der Waals surface area contributed by atoms with Crippen LogP contribution in [0.3, 0.4) is 0 Å². The lowest BCUT2D eigenvalue weighted by molar-refractivity contribution is 1.24. The van der Waals surface area contributed by atoms with Crippen LogP contribution in [0.2, 0.25) is 0 Å². The number of aromatic nitrogens is 1. The molecule has 0 aromatic carbocycles. The van der Waals surface area contributed by atoms with Crippen LogP contribution in [-0.2, 0) is 0 Å². The van der Waals surface area contributed by atoms with E-state index in [9.17, 15) is 0 Å². The van der Waals surface area contributed by atoms with Crippen molar-refractivity contribution in [2.45, 2.75) is 13.8 Å². The minimum absolute atomic E-state index is 0.763. The quantitative estimate of drug-likeness (QED) is 0.677. The molecule has 0 aliphatic carbocycles. The standard InChI is InChI=1S/C10H11N3/c1-7-3-5-9(11-7)13-10-6-4-8(2)12-10/h3-6,11H,1-2H3/b13-10-. The van der Waals surface area contributed by atoms with Gasteiger partial charge in [0, 0.05) is 11.4 Å². The van der Waals surface area contributed by atoms with Crippen LogP contribution >= 0.6 is 0 Å². The van der Waals surface area contributed by atoms with E-state index < -0.39 is 0 Å². The number of nitrogens with zero attached hydrogens (tertiary/aromatic N) is 2. The van der Waals surface area contributed by atoms with Crippen molar-refractivity contribution in [3.8, 4) is 0 Å². The zero-order valence-corrected chi connectivity index (χ0v) is 7.70. The molecule has 0 spiro atoms. The Morgan fingerprint density at radius 1 is 1.23 bits per heavy atom. The normalized spacial score (nSPS) is 18.3. The summed E-state index contributed by atoms with van der Waals surface area (Å²) in [5.74, 6) is 1.62. The molecule has 0 radical (unpaired) electrons. The van der Waals surface area contributed by atoms with Crippen LogP contribution in [0.5, 0.6) is 0 Å². The Bertz CT molecular complexity index is 408. The highest BCUT2D eigenvalue weighted by Gasteiger charge is 2.00. The van der Waals surface area contributed by atoms with Gasteiger partial charge in [-0.15, -0.1) is 0 Å². The minimum atomic E-state index is 0.763. The summed E-state index contributed by atoms with van der Waals surface area (Å²) in [5, 5.41) is 0. The summed E-state index contributed by atoms with van der Waals surface area (Å²) in [5.41, 5.74) is 2.11. The van der Waals surface area contributed by atoms with Gasteiger partial charge in [-0.25, -0.2) is 9.98 Å². The van der Waals surface area contributed by atoms with Gasteiger partial charge < -0.3 is 4.98 Å². The zero-order valence-electron chi connectivity index (χ0n) is 7.70. The molecule has 3 heteroatoms. The van der Waals surface area contributed by atoms with Crippen LogP contribution in [0.1, 0.15) is 12.6 Å². The van der Waals surface area contributed by atoms with Gasteiger partial charge in [-0.1, -0.05) is 0 Å². The fraction of sp³-hybridized carbons (Fsp3) is 0.200. The van der Waals surface area contributed by atoms with Gasteiger partial charge in [0.1, 0.15) is 5.82 Å². The van der Waals surface area contributed by atoms with E-state index in [1.54, 1.807) is 0 Å². The lowest BCUT2D eigenvalue weighted by Gasteiger charge is -1.88. The van der Waals surface area contributed by atoms with Crippen molar-refractivity contribution in [1.82, 2.24) is 4.98 Å². The molecule has 0 unspecified atom stereocenters. The molecule has 0 saturated carbocycles. The van der Waals surface area contributed by atoms with Crippen molar-refractivity contribution in [2.24, 2.45) is 9.98 Å². The Hall–Kier alpha value is -1.64. The lowest BCUT2D eigenvalue weighted by atomic mass is 10.4. The molecule has 0 atom stereocenters. The summed E-state index contributed by atoms with van der Waals surface area (Å²) in [6.07, 6.45) is 3.86. The molecule has 1 aliphatic heterocycles. The van der Waals surface area contributed by atoms with E-state index in [0.29, 0.717) is 0 Å². The molecule has 13 heavy (non-hydrogen) atoms. The molecule has 0 fully saturated rings. The molecule has 0 bridgehead atoms. The average molecular weight is 173 g/mol. The van der Waals surface area contributed by atoms with Gasteiger partial charge in [-0.05, 0) is 38.1 Å². The zero-order chi connectivity index (χ0) is 9.26. The van der Waals surface area contributed by atoms with Crippen LogP contribution in [0, 0.1) is 6.92 Å². The van der Waals surface area contributed by atoms with Crippen LogP contribution in [0.4, 0.5) is 5.82 Å². The van der Waals surface area contributed by atoms with Crippen LogP contribution in [-0.4, -0.2) is 16.5 Å². The molecule has 2 heterocycles.